The molecule has 0 radical (unpaired) electrons. The Morgan fingerprint density at radius 3 is 2.56 bits per heavy atom. The van der Waals surface area contributed by atoms with Gasteiger partial charge >= 0.3 is 6.18 Å². The Hall–Kier alpha value is -1.78. The molecule has 0 aliphatic rings. The van der Waals surface area contributed by atoms with Gasteiger partial charge in [0.2, 0.25) is 0 Å². The fourth-order valence-electron chi connectivity index (χ4n) is 1.14. The monoisotopic (exact) mass is 230 g/mol. The Morgan fingerprint density at radius 2 is 2.00 bits per heavy atom. The van der Waals surface area contributed by atoms with Crippen LogP contribution in [-0.4, -0.2) is 11.4 Å². The van der Waals surface area contributed by atoms with Gasteiger partial charge in [0.05, 0.1) is 5.56 Å². The fourth-order valence-corrected chi connectivity index (χ4v) is 1.14. The van der Waals surface area contributed by atoms with Gasteiger partial charge < -0.3 is 9.90 Å². The minimum atomic E-state index is -4.58. The van der Waals surface area contributed by atoms with Gasteiger partial charge in [0, 0.05) is 6.42 Å². The summed E-state index contributed by atoms with van der Waals surface area (Å²) in [5, 5.41) is 9.04. The molecule has 0 aliphatic carbocycles. The summed E-state index contributed by atoms with van der Waals surface area (Å²) in [6.07, 6.45) is -0.967. The van der Waals surface area contributed by atoms with Crippen LogP contribution in [0, 0.1) is 0 Å². The number of benzene rings is 1. The first-order valence-electron chi connectivity index (χ1n) is 4.45. The minimum Gasteiger partial charge on any atom is -0.507 e. The van der Waals surface area contributed by atoms with Gasteiger partial charge in [-0.2, -0.15) is 13.2 Å². The molecule has 0 aromatic heterocycles. The van der Waals surface area contributed by atoms with Crippen molar-refractivity contribution >= 4 is 12.4 Å². The fraction of sp³-hybridized carbons (Fsp3) is 0.182. The van der Waals surface area contributed by atoms with Gasteiger partial charge in [-0.05, 0) is 17.7 Å². The summed E-state index contributed by atoms with van der Waals surface area (Å²) in [4.78, 5) is 10.0. The van der Waals surface area contributed by atoms with Gasteiger partial charge in [-0.3, -0.25) is 0 Å². The summed E-state index contributed by atoms with van der Waals surface area (Å²) in [5.74, 6) is -0.806. The van der Waals surface area contributed by atoms with Gasteiger partial charge in [-0.15, -0.1) is 0 Å². The molecule has 0 unspecified atom stereocenters. The summed E-state index contributed by atoms with van der Waals surface area (Å²) in [6.45, 7) is 0. The molecule has 0 spiro atoms. The van der Waals surface area contributed by atoms with E-state index in [4.69, 9.17) is 5.11 Å². The molecule has 5 heteroatoms. The lowest BCUT2D eigenvalue weighted by Crippen LogP contribution is -2.05. The maximum atomic E-state index is 12.4. The standard InChI is InChI=1S/C11H9F3O2/c12-11(13,14)9-7-8(3-1-2-6-15)4-5-10(9)16/h1,3-7,16H,2H2. The Kier molecular flexibility index (Phi) is 3.71. The number of hydrogen-bond acceptors (Lipinski definition) is 2. The molecule has 0 heterocycles. The van der Waals surface area contributed by atoms with E-state index in [1.165, 1.54) is 18.2 Å². The molecule has 0 bridgehead atoms. The van der Waals surface area contributed by atoms with E-state index in [1.807, 2.05) is 0 Å². The molecule has 86 valence electrons. The van der Waals surface area contributed by atoms with Crippen molar-refractivity contribution in [3.05, 3.63) is 35.4 Å². The zero-order valence-electron chi connectivity index (χ0n) is 8.16. The van der Waals surface area contributed by atoms with E-state index in [0.717, 1.165) is 12.1 Å². The molecule has 0 amide bonds. The molecule has 1 aromatic rings. The topological polar surface area (TPSA) is 37.3 Å². The van der Waals surface area contributed by atoms with Crippen LogP contribution < -0.4 is 0 Å². The highest BCUT2D eigenvalue weighted by Gasteiger charge is 2.33. The number of hydrogen-bond donors (Lipinski definition) is 1. The molecule has 1 rings (SSSR count). The summed E-state index contributed by atoms with van der Waals surface area (Å²) in [7, 11) is 0. The number of halogens is 3. The van der Waals surface area contributed by atoms with Gasteiger partial charge in [0.25, 0.3) is 0 Å². The van der Waals surface area contributed by atoms with Crippen LogP contribution in [0.15, 0.2) is 24.3 Å². The highest BCUT2D eigenvalue weighted by molar-refractivity contribution is 5.59. The molecule has 0 saturated carbocycles. The lowest BCUT2D eigenvalue weighted by Gasteiger charge is -2.09. The number of carbonyl (C=O) groups is 1. The van der Waals surface area contributed by atoms with E-state index in [-0.39, 0.29) is 12.0 Å². The lowest BCUT2D eigenvalue weighted by atomic mass is 10.1. The summed E-state index contributed by atoms with van der Waals surface area (Å²) < 4.78 is 37.1. The normalized spacial score (nSPS) is 11.9. The second-order valence-corrected chi connectivity index (χ2v) is 3.08. The summed E-state index contributed by atoms with van der Waals surface area (Å²) in [5.41, 5.74) is -0.798. The number of rotatable bonds is 3. The second-order valence-electron chi connectivity index (χ2n) is 3.08. The Labute approximate surface area is 90.0 Å². The largest absolute Gasteiger partial charge is 0.507 e. The van der Waals surface area contributed by atoms with E-state index in [0.29, 0.717) is 6.29 Å². The first-order valence-corrected chi connectivity index (χ1v) is 4.45. The van der Waals surface area contributed by atoms with Gasteiger partial charge in [0.1, 0.15) is 12.0 Å². The maximum Gasteiger partial charge on any atom is 0.419 e. The first kappa shape index (κ1) is 12.3. The van der Waals surface area contributed by atoms with Gasteiger partial charge in [-0.25, -0.2) is 0 Å². The summed E-state index contributed by atoms with van der Waals surface area (Å²) >= 11 is 0. The molecule has 0 saturated heterocycles. The molecule has 1 N–H and O–H groups in total. The number of alkyl halides is 3. The molecule has 0 fully saturated rings. The molecular weight excluding hydrogens is 221 g/mol. The van der Waals surface area contributed by atoms with Crippen LogP contribution in [0.1, 0.15) is 17.5 Å². The van der Waals surface area contributed by atoms with E-state index in [9.17, 15) is 18.0 Å². The third-order valence-electron chi connectivity index (χ3n) is 1.87. The zero-order valence-corrected chi connectivity index (χ0v) is 8.16. The average molecular weight is 230 g/mol. The Bertz CT molecular complexity index is 408. The van der Waals surface area contributed by atoms with Crippen molar-refractivity contribution in [2.45, 2.75) is 12.6 Å². The van der Waals surface area contributed by atoms with Crippen molar-refractivity contribution in [1.29, 1.82) is 0 Å². The predicted octanol–water partition coefficient (Wildman–Crippen LogP) is 3.01. The van der Waals surface area contributed by atoms with Gasteiger partial charge in [-0.1, -0.05) is 18.2 Å². The van der Waals surface area contributed by atoms with Crippen LogP contribution in [0.4, 0.5) is 13.2 Å². The third-order valence-corrected chi connectivity index (χ3v) is 1.87. The number of phenols is 1. The minimum absolute atomic E-state index is 0.141. The van der Waals surface area contributed by atoms with E-state index >= 15 is 0 Å². The molecule has 0 atom stereocenters. The number of carbonyl (C=O) groups excluding carboxylic acids is 1. The number of allylic oxidation sites excluding steroid dienone is 1. The van der Waals surface area contributed by atoms with Crippen molar-refractivity contribution in [2.24, 2.45) is 0 Å². The highest BCUT2D eigenvalue weighted by atomic mass is 19.4. The summed E-state index contributed by atoms with van der Waals surface area (Å²) in [6, 6.07) is 3.14. The second kappa shape index (κ2) is 4.83. The number of phenolic OH excluding ortho intramolecular Hbond substituents is 1. The SMILES string of the molecule is O=CCC=Cc1ccc(O)c(C(F)(F)F)c1. The lowest BCUT2D eigenvalue weighted by molar-refractivity contribution is -0.138. The molecule has 16 heavy (non-hydrogen) atoms. The van der Waals surface area contributed by atoms with Crippen LogP contribution >= 0.6 is 0 Å². The Morgan fingerprint density at radius 1 is 1.31 bits per heavy atom. The third kappa shape index (κ3) is 3.12. The van der Waals surface area contributed by atoms with Crippen LogP contribution in [0.25, 0.3) is 6.08 Å². The Balaban J connectivity index is 3.03. The smallest absolute Gasteiger partial charge is 0.419 e. The van der Waals surface area contributed by atoms with E-state index in [2.05, 4.69) is 0 Å². The van der Waals surface area contributed by atoms with Crippen molar-refractivity contribution < 1.29 is 23.1 Å². The number of aldehydes is 1. The van der Waals surface area contributed by atoms with Crippen molar-refractivity contribution in [1.82, 2.24) is 0 Å². The first-order chi connectivity index (χ1) is 7.45. The van der Waals surface area contributed by atoms with Crippen LogP contribution in [-0.2, 0) is 11.0 Å². The van der Waals surface area contributed by atoms with Crippen LogP contribution in [0.2, 0.25) is 0 Å². The van der Waals surface area contributed by atoms with E-state index < -0.39 is 17.5 Å². The van der Waals surface area contributed by atoms with Crippen molar-refractivity contribution in [3.63, 3.8) is 0 Å². The highest BCUT2D eigenvalue weighted by Crippen LogP contribution is 2.36. The maximum absolute atomic E-state index is 12.4. The average Bonchev–Trinajstić information content (AvgIpc) is 2.19. The predicted molar refractivity (Wildman–Crippen MR) is 52.8 cm³/mol. The molecule has 0 aliphatic heterocycles. The van der Waals surface area contributed by atoms with Gasteiger partial charge in [0.15, 0.2) is 0 Å². The van der Waals surface area contributed by atoms with Crippen LogP contribution in [0.5, 0.6) is 5.75 Å². The number of aromatic hydroxyl groups is 1. The molecule has 1 aromatic carbocycles. The van der Waals surface area contributed by atoms with Crippen molar-refractivity contribution in [3.8, 4) is 5.75 Å². The van der Waals surface area contributed by atoms with E-state index in [1.54, 1.807) is 0 Å². The molecule has 2 nitrogen and oxygen atoms in total. The van der Waals surface area contributed by atoms with Crippen LogP contribution in [0.3, 0.4) is 0 Å². The zero-order chi connectivity index (χ0) is 12.2. The molecular formula is C11H9F3O2. The quantitative estimate of drug-likeness (QED) is 0.810. The van der Waals surface area contributed by atoms with Crippen molar-refractivity contribution in [2.75, 3.05) is 0 Å².